The van der Waals surface area contributed by atoms with Crippen LogP contribution in [0.4, 0.5) is 21.7 Å². The molecule has 4 aromatic rings. The summed E-state index contributed by atoms with van der Waals surface area (Å²) in [5, 5.41) is 6.09. The Balaban J connectivity index is 1.35. The van der Waals surface area contributed by atoms with E-state index in [9.17, 15) is 9.18 Å². The number of aryl methyl sites for hydroxylation is 2. The van der Waals surface area contributed by atoms with Crippen molar-refractivity contribution in [3.63, 3.8) is 0 Å². The molecule has 0 spiro atoms. The van der Waals surface area contributed by atoms with Crippen molar-refractivity contribution in [3.8, 4) is 28.9 Å². The first-order valence-electron chi connectivity index (χ1n) is 15.5. The topological polar surface area (TPSA) is 110 Å². The fraction of sp³-hybridized carbons (Fsp3) is 0.343. The highest BCUT2D eigenvalue weighted by Gasteiger charge is 2.21. The predicted octanol–water partition coefficient (Wildman–Crippen LogP) is 6.05. The second-order valence-corrected chi connectivity index (χ2v) is 11.4. The van der Waals surface area contributed by atoms with Crippen LogP contribution in [0.2, 0.25) is 0 Å². The Labute approximate surface area is 274 Å². The molecule has 47 heavy (non-hydrogen) atoms. The van der Waals surface area contributed by atoms with Crippen LogP contribution in [-0.2, 0) is 0 Å². The summed E-state index contributed by atoms with van der Waals surface area (Å²) < 4.78 is 37.0. The largest absolute Gasteiger partial charge is 0.493 e. The minimum atomic E-state index is -0.455. The molecule has 0 radical (unpaired) electrons. The quantitative estimate of drug-likeness (QED) is 0.167. The van der Waals surface area contributed by atoms with Crippen LogP contribution in [-0.4, -0.2) is 86.3 Å². The minimum Gasteiger partial charge on any atom is -0.493 e. The number of likely N-dealkylation sites (N-methyl/N-ethyl adjacent to an activating group) is 1. The number of nitrogens with zero attached hydrogens (tertiary/aromatic N) is 4. The van der Waals surface area contributed by atoms with E-state index in [1.54, 1.807) is 26.4 Å². The van der Waals surface area contributed by atoms with E-state index in [0.717, 1.165) is 50.3 Å². The fourth-order valence-corrected chi connectivity index (χ4v) is 5.22. The number of ether oxygens (including phenoxy) is 4. The first-order valence-corrected chi connectivity index (χ1v) is 15.5. The number of rotatable bonds is 13. The van der Waals surface area contributed by atoms with Gasteiger partial charge in [-0.2, -0.15) is 4.98 Å². The lowest BCUT2D eigenvalue weighted by Crippen LogP contribution is -2.44. The molecule has 248 valence electrons. The Hall–Kier alpha value is -4.94. The molecule has 0 bridgehead atoms. The van der Waals surface area contributed by atoms with Gasteiger partial charge < -0.3 is 39.4 Å². The minimum absolute atomic E-state index is 0.0166. The maximum Gasteiger partial charge on any atom is 0.262 e. The molecular weight excluding hydrogens is 603 g/mol. The molecule has 1 aromatic heterocycles. The van der Waals surface area contributed by atoms with Crippen LogP contribution in [0.15, 0.2) is 60.8 Å². The van der Waals surface area contributed by atoms with Gasteiger partial charge in [0.05, 0.1) is 20.8 Å². The van der Waals surface area contributed by atoms with Gasteiger partial charge in [0.1, 0.15) is 17.1 Å². The predicted molar refractivity (Wildman–Crippen MR) is 179 cm³/mol. The average Bonchev–Trinajstić information content (AvgIpc) is 3.07. The Morgan fingerprint density at radius 3 is 2.26 bits per heavy atom. The van der Waals surface area contributed by atoms with E-state index < -0.39 is 11.7 Å². The molecule has 5 rings (SSSR count). The lowest BCUT2D eigenvalue weighted by atomic mass is 10.1. The number of aromatic nitrogens is 2. The Morgan fingerprint density at radius 1 is 0.957 bits per heavy atom. The van der Waals surface area contributed by atoms with Crippen LogP contribution in [0.3, 0.4) is 0 Å². The van der Waals surface area contributed by atoms with Gasteiger partial charge in [-0.1, -0.05) is 18.2 Å². The van der Waals surface area contributed by atoms with E-state index in [-0.39, 0.29) is 17.4 Å². The maximum absolute atomic E-state index is 13.6. The van der Waals surface area contributed by atoms with Crippen molar-refractivity contribution in [1.82, 2.24) is 19.8 Å². The molecule has 0 unspecified atom stereocenters. The lowest BCUT2D eigenvalue weighted by molar-refractivity contribution is 0.102. The number of carbonyl (C=O) groups excluding carboxylic acids is 1. The number of hydrogen-bond acceptors (Lipinski definition) is 10. The molecule has 1 amide bonds. The highest BCUT2D eigenvalue weighted by molar-refractivity contribution is 6.06. The first-order chi connectivity index (χ1) is 22.7. The van der Waals surface area contributed by atoms with Gasteiger partial charge in [0, 0.05) is 62.4 Å². The number of piperazine rings is 1. The summed E-state index contributed by atoms with van der Waals surface area (Å²) in [4.78, 5) is 27.2. The van der Waals surface area contributed by atoms with Crippen molar-refractivity contribution < 1.29 is 28.1 Å². The molecule has 0 aliphatic carbocycles. The number of amides is 1. The molecule has 0 saturated carbocycles. The second-order valence-electron chi connectivity index (χ2n) is 11.4. The highest BCUT2D eigenvalue weighted by atomic mass is 19.1. The van der Waals surface area contributed by atoms with Crippen molar-refractivity contribution in [3.05, 3.63) is 83.3 Å². The third-order valence-corrected chi connectivity index (χ3v) is 7.92. The SMILES string of the molecule is COc1cc(Nc2ncc(C(=O)Nc3c(C)cccc3C)c(Oc3ccc(F)cc3)n2)cc(OC)c1OCCCN1CCN(C)CC1. The zero-order valence-corrected chi connectivity index (χ0v) is 27.4. The second kappa shape index (κ2) is 15.6. The number of halogens is 1. The summed E-state index contributed by atoms with van der Waals surface area (Å²) in [5.41, 5.74) is 3.16. The summed E-state index contributed by atoms with van der Waals surface area (Å²) in [6.45, 7) is 9.54. The van der Waals surface area contributed by atoms with Crippen molar-refractivity contribution >= 4 is 23.2 Å². The normalized spacial score (nSPS) is 13.6. The molecule has 1 aliphatic heterocycles. The van der Waals surface area contributed by atoms with Crippen molar-refractivity contribution in [1.29, 1.82) is 0 Å². The summed E-state index contributed by atoms with van der Waals surface area (Å²) in [5.74, 6) is 1.00. The van der Waals surface area contributed by atoms with Gasteiger partial charge in [-0.25, -0.2) is 9.37 Å². The van der Waals surface area contributed by atoms with Crippen LogP contribution < -0.4 is 29.6 Å². The monoisotopic (exact) mass is 644 g/mol. The van der Waals surface area contributed by atoms with E-state index >= 15 is 0 Å². The van der Waals surface area contributed by atoms with Crippen LogP contribution >= 0.6 is 0 Å². The average molecular weight is 645 g/mol. The summed E-state index contributed by atoms with van der Waals surface area (Å²) in [6, 6.07) is 14.7. The molecule has 1 aliphatic rings. The summed E-state index contributed by atoms with van der Waals surface area (Å²) in [6.07, 6.45) is 2.24. The zero-order valence-electron chi connectivity index (χ0n) is 27.4. The van der Waals surface area contributed by atoms with Crippen LogP contribution in [0.25, 0.3) is 0 Å². The molecule has 1 fully saturated rings. The Morgan fingerprint density at radius 2 is 1.62 bits per heavy atom. The van der Waals surface area contributed by atoms with E-state index in [1.165, 1.54) is 30.5 Å². The number of methoxy groups -OCH3 is 2. The van der Waals surface area contributed by atoms with Gasteiger partial charge in [-0.15, -0.1) is 0 Å². The molecule has 0 atom stereocenters. The fourth-order valence-electron chi connectivity index (χ4n) is 5.22. The molecule has 11 nitrogen and oxygen atoms in total. The van der Waals surface area contributed by atoms with Gasteiger partial charge in [-0.3, -0.25) is 4.79 Å². The molecule has 2 N–H and O–H groups in total. The standard InChI is InChI=1S/C35H41FN6O5/c1-23-8-6-9-24(2)31(23)39-33(43)28-22-37-35(40-34(28)47-27-12-10-25(36)11-13-27)38-26-20-29(44-4)32(30(21-26)45-5)46-19-7-14-42-17-15-41(3)16-18-42/h6,8-13,20-22H,7,14-19H2,1-5H3,(H,39,43)(H,37,38,40). The number of carbonyl (C=O) groups is 1. The van der Waals surface area contributed by atoms with Gasteiger partial charge in [0.15, 0.2) is 11.5 Å². The molecule has 3 aromatic carbocycles. The first kappa shape index (κ1) is 33.4. The number of para-hydroxylation sites is 1. The molecular formula is C35H41FN6O5. The summed E-state index contributed by atoms with van der Waals surface area (Å²) >= 11 is 0. The number of nitrogens with one attached hydrogen (secondary N) is 2. The van der Waals surface area contributed by atoms with E-state index in [0.29, 0.717) is 41.0 Å². The van der Waals surface area contributed by atoms with E-state index in [4.69, 9.17) is 18.9 Å². The van der Waals surface area contributed by atoms with Gasteiger partial charge >= 0.3 is 0 Å². The van der Waals surface area contributed by atoms with Crippen LogP contribution in [0, 0.1) is 19.7 Å². The third kappa shape index (κ3) is 8.66. The molecule has 12 heteroatoms. The number of anilines is 3. The smallest absolute Gasteiger partial charge is 0.262 e. The van der Waals surface area contributed by atoms with Crippen LogP contribution in [0.1, 0.15) is 27.9 Å². The van der Waals surface area contributed by atoms with Crippen molar-refractivity contribution in [2.75, 3.05) is 71.2 Å². The lowest BCUT2D eigenvalue weighted by Gasteiger charge is -2.32. The van der Waals surface area contributed by atoms with Gasteiger partial charge in [0.25, 0.3) is 5.91 Å². The highest BCUT2D eigenvalue weighted by Crippen LogP contribution is 2.41. The molecule has 2 heterocycles. The van der Waals surface area contributed by atoms with E-state index in [2.05, 4.69) is 37.4 Å². The molecule has 1 saturated heterocycles. The van der Waals surface area contributed by atoms with Gasteiger partial charge in [0.2, 0.25) is 17.6 Å². The van der Waals surface area contributed by atoms with E-state index in [1.807, 2.05) is 32.0 Å². The number of benzene rings is 3. The van der Waals surface area contributed by atoms with Gasteiger partial charge in [-0.05, 0) is 62.7 Å². The van der Waals surface area contributed by atoms with Crippen molar-refractivity contribution in [2.45, 2.75) is 20.3 Å². The third-order valence-electron chi connectivity index (χ3n) is 7.92. The maximum atomic E-state index is 13.6. The Kier molecular flexibility index (Phi) is 11.1. The zero-order chi connectivity index (χ0) is 33.3. The summed E-state index contributed by atoms with van der Waals surface area (Å²) in [7, 11) is 5.26. The number of hydrogen-bond donors (Lipinski definition) is 2. The van der Waals surface area contributed by atoms with Crippen molar-refractivity contribution in [2.24, 2.45) is 0 Å². The van der Waals surface area contributed by atoms with Crippen LogP contribution in [0.5, 0.6) is 28.9 Å². The Bertz CT molecular complexity index is 1630.